The van der Waals surface area contributed by atoms with Crippen LogP contribution in [0.5, 0.6) is 0 Å². The number of rotatable bonds is 3. The number of benzene rings is 1. The Morgan fingerprint density at radius 3 is 2.88 bits per heavy atom. The Labute approximate surface area is 107 Å². The maximum Gasteiger partial charge on any atom is 0.260 e. The average Bonchev–Trinajstić information content (AvgIpc) is 2.64. The van der Waals surface area contributed by atoms with Crippen molar-refractivity contribution >= 4 is 27.7 Å². The molecule has 0 atom stereocenters. The summed E-state index contributed by atoms with van der Waals surface area (Å²) >= 11 is 4.97. The van der Waals surface area contributed by atoms with Crippen molar-refractivity contribution < 1.29 is 4.42 Å². The van der Waals surface area contributed by atoms with E-state index in [1.54, 1.807) is 6.26 Å². The molecule has 0 aliphatic carbocycles. The molecule has 2 N–H and O–H groups in total. The van der Waals surface area contributed by atoms with Gasteiger partial charge in [-0.3, -0.25) is 0 Å². The summed E-state index contributed by atoms with van der Waals surface area (Å²) in [5, 5.41) is 0.657. The minimum absolute atomic E-state index is 0.531. The first-order valence-electron chi connectivity index (χ1n) is 4.77. The fourth-order valence-corrected chi connectivity index (χ4v) is 2.73. The van der Waals surface area contributed by atoms with Crippen molar-refractivity contribution in [3.63, 3.8) is 0 Å². The Morgan fingerprint density at radius 1 is 1.50 bits per heavy atom. The Kier molecular flexibility index (Phi) is 3.68. The molecule has 0 spiro atoms. The molecule has 0 aliphatic heterocycles. The molecule has 3 nitrogen and oxygen atoms in total. The van der Waals surface area contributed by atoms with E-state index in [9.17, 15) is 0 Å². The van der Waals surface area contributed by atoms with Gasteiger partial charge in [0.2, 0.25) is 0 Å². The van der Waals surface area contributed by atoms with Gasteiger partial charge < -0.3 is 10.2 Å². The molecule has 1 aromatic heterocycles. The summed E-state index contributed by atoms with van der Waals surface area (Å²) in [6, 6.07) is 6.03. The van der Waals surface area contributed by atoms with Gasteiger partial charge in [0.05, 0.1) is 5.69 Å². The smallest absolute Gasteiger partial charge is 0.260 e. The molecule has 5 heteroatoms. The van der Waals surface area contributed by atoms with Crippen LogP contribution >= 0.6 is 27.7 Å². The van der Waals surface area contributed by atoms with Crippen LogP contribution < -0.4 is 5.73 Å². The normalized spacial score (nSPS) is 10.7. The predicted molar refractivity (Wildman–Crippen MR) is 67.4 cm³/mol. The molecule has 0 fully saturated rings. The zero-order valence-electron chi connectivity index (χ0n) is 8.74. The van der Waals surface area contributed by atoms with Crippen molar-refractivity contribution in [1.82, 2.24) is 4.98 Å². The quantitative estimate of drug-likeness (QED) is 0.944. The van der Waals surface area contributed by atoms with Gasteiger partial charge >= 0.3 is 0 Å². The second-order valence-electron chi connectivity index (χ2n) is 3.31. The highest BCUT2D eigenvalue weighted by Crippen LogP contribution is 2.30. The van der Waals surface area contributed by atoms with Gasteiger partial charge in [0.1, 0.15) is 6.26 Å². The standard InChI is InChI=1S/C11H11BrN2OS/c1-7-6-15-11(14-7)16-9-3-2-8(5-13)10(12)4-9/h2-4,6H,5,13H2,1H3. The lowest BCUT2D eigenvalue weighted by atomic mass is 10.2. The predicted octanol–water partition coefficient (Wildman–Crippen LogP) is 3.36. The molecule has 0 radical (unpaired) electrons. The third-order valence-electron chi connectivity index (χ3n) is 2.05. The SMILES string of the molecule is Cc1coc(Sc2ccc(CN)c(Br)c2)n1. The van der Waals surface area contributed by atoms with Gasteiger partial charge in [0.15, 0.2) is 0 Å². The Morgan fingerprint density at radius 2 is 2.31 bits per heavy atom. The van der Waals surface area contributed by atoms with E-state index in [0.717, 1.165) is 20.6 Å². The molecule has 1 aromatic carbocycles. The van der Waals surface area contributed by atoms with Gasteiger partial charge in [-0.25, -0.2) is 4.98 Å². The number of nitrogens with zero attached hydrogens (tertiary/aromatic N) is 1. The van der Waals surface area contributed by atoms with Crippen LogP contribution in [0.15, 0.2) is 43.5 Å². The number of oxazole rings is 1. The van der Waals surface area contributed by atoms with E-state index in [0.29, 0.717) is 11.8 Å². The minimum atomic E-state index is 0.531. The fraction of sp³-hybridized carbons (Fsp3) is 0.182. The summed E-state index contributed by atoms with van der Waals surface area (Å²) < 4.78 is 6.29. The molecule has 16 heavy (non-hydrogen) atoms. The zero-order chi connectivity index (χ0) is 11.5. The molecule has 0 bridgehead atoms. The summed E-state index contributed by atoms with van der Waals surface area (Å²) in [4.78, 5) is 5.31. The number of aromatic nitrogens is 1. The van der Waals surface area contributed by atoms with Crippen molar-refractivity contribution in [2.45, 2.75) is 23.6 Å². The van der Waals surface area contributed by atoms with Crippen molar-refractivity contribution in [3.8, 4) is 0 Å². The molecule has 0 amide bonds. The summed E-state index contributed by atoms with van der Waals surface area (Å²) in [7, 11) is 0. The number of halogens is 1. The molecule has 0 aliphatic rings. The van der Waals surface area contributed by atoms with Crippen molar-refractivity contribution in [2.75, 3.05) is 0 Å². The number of hydrogen-bond donors (Lipinski definition) is 1. The van der Waals surface area contributed by atoms with Gasteiger partial charge in [-0.1, -0.05) is 22.0 Å². The first-order chi connectivity index (χ1) is 7.69. The Balaban J connectivity index is 2.19. The lowest BCUT2D eigenvalue weighted by Crippen LogP contribution is -1.96. The number of aryl methyl sites for hydroxylation is 1. The van der Waals surface area contributed by atoms with Crippen LogP contribution in [0.2, 0.25) is 0 Å². The lowest BCUT2D eigenvalue weighted by molar-refractivity contribution is 0.454. The molecule has 2 rings (SSSR count). The van der Waals surface area contributed by atoms with E-state index >= 15 is 0 Å². The van der Waals surface area contributed by atoms with Crippen LogP contribution in [0.3, 0.4) is 0 Å². The van der Waals surface area contributed by atoms with Gasteiger partial charge in [-0.2, -0.15) is 0 Å². The van der Waals surface area contributed by atoms with Gasteiger partial charge in [-0.15, -0.1) is 0 Å². The highest BCUT2D eigenvalue weighted by Gasteiger charge is 2.05. The number of hydrogen-bond acceptors (Lipinski definition) is 4. The van der Waals surface area contributed by atoms with Crippen LogP contribution in [0, 0.1) is 6.92 Å². The van der Waals surface area contributed by atoms with Crippen molar-refractivity contribution in [3.05, 3.63) is 40.2 Å². The fourth-order valence-electron chi connectivity index (χ4n) is 1.24. The summed E-state index contributed by atoms with van der Waals surface area (Å²) in [5.74, 6) is 0. The highest BCUT2D eigenvalue weighted by molar-refractivity contribution is 9.10. The third-order valence-corrected chi connectivity index (χ3v) is 3.64. The molecular weight excluding hydrogens is 288 g/mol. The lowest BCUT2D eigenvalue weighted by Gasteiger charge is -2.03. The van der Waals surface area contributed by atoms with E-state index in [1.165, 1.54) is 11.8 Å². The highest BCUT2D eigenvalue weighted by atomic mass is 79.9. The van der Waals surface area contributed by atoms with Gasteiger partial charge in [0, 0.05) is 15.9 Å². The Hall–Kier alpha value is -0.780. The van der Waals surface area contributed by atoms with Crippen LogP contribution in [0.4, 0.5) is 0 Å². The third kappa shape index (κ3) is 2.66. The van der Waals surface area contributed by atoms with E-state index in [2.05, 4.69) is 20.9 Å². The van der Waals surface area contributed by atoms with E-state index in [4.69, 9.17) is 10.2 Å². The molecular formula is C11H11BrN2OS. The number of nitrogens with two attached hydrogens (primary N) is 1. The van der Waals surface area contributed by atoms with Crippen LogP contribution in [0.25, 0.3) is 0 Å². The molecule has 84 valence electrons. The maximum atomic E-state index is 5.59. The first kappa shape index (κ1) is 11.7. The van der Waals surface area contributed by atoms with Crippen LogP contribution in [0.1, 0.15) is 11.3 Å². The molecule has 0 unspecified atom stereocenters. The molecule has 2 aromatic rings. The largest absolute Gasteiger partial charge is 0.439 e. The van der Waals surface area contributed by atoms with Gasteiger partial charge in [0.25, 0.3) is 5.22 Å². The monoisotopic (exact) mass is 298 g/mol. The first-order valence-corrected chi connectivity index (χ1v) is 6.38. The maximum absolute atomic E-state index is 5.59. The second-order valence-corrected chi connectivity index (χ2v) is 5.19. The van der Waals surface area contributed by atoms with Crippen LogP contribution in [-0.2, 0) is 6.54 Å². The molecule has 0 saturated carbocycles. The van der Waals surface area contributed by atoms with Crippen molar-refractivity contribution in [1.29, 1.82) is 0 Å². The van der Waals surface area contributed by atoms with E-state index < -0.39 is 0 Å². The van der Waals surface area contributed by atoms with E-state index in [1.807, 2.05) is 25.1 Å². The summed E-state index contributed by atoms with van der Waals surface area (Å²) in [5.41, 5.74) is 7.57. The average molecular weight is 299 g/mol. The topological polar surface area (TPSA) is 52.0 Å². The molecule has 0 saturated heterocycles. The minimum Gasteiger partial charge on any atom is -0.439 e. The summed E-state index contributed by atoms with van der Waals surface area (Å²) in [6.07, 6.45) is 1.64. The summed E-state index contributed by atoms with van der Waals surface area (Å²) in [6.45, 7) is 2.44. The van der Waals surface area contributed by atoms with Crippen molar-refractivity contribution in [2.24, 2.45) is 5.73 Å². The van der Waals surface area contributed by atoms with E-state index in [-0.39, 0.29) is 0 Å². The second kappa shape index (κ2) is 5.03. The van der Waals surface area contributed by atoms with Gasteiger partial charge in [-0.05, 0) is 36.4 Å². The van der Waals surface area contributed by atoms with Crippen LogP contribution in [-0.4, -0.2) is 4.98 Å². The zero-order valence-corrected chi connectivity index (χ0v) is 11.1. The Bertz CT molecular complexity index is 498. The molecule has 1 heterocycles.